The van der Waals surface area contributed by atoms with E-state index in [1.807, 2.05) is 14.1 Å². The van der Waals surface area contributed by atoms with Gasteiger partial charge < -0.3 is 9.64 Å². The van der Waals surface area contributed by atoms with Crippen LogP contribution in [-0.2, 0) is 14.9 Å². The van der Waals surface area contributed by atoms with E-state index >= 15 is 0 Å². The highest BCUT2D eigenvalue weighted by Crippen LogP contribution is 2.28. The predicted octanol–water partition coefficient (Wildman–Crippen LogP) is 0.226. The minimum atomic E-state index is -3.32. The lowest BCUT2D eigenvalue weighted by Gasteiger charge is -2.30. The smallest absolute Gasteiger partial charge is 0.282 e. The van der Waals surface area contributed by atoms with Crippen molar-refractivity contribution in [1.29, 1.82) is 0 Å². The number of hydrogen-bond donors (Lipinski definition) is 0. The Labute approximate surface area is 122 Å². The number of ether oxygens (including phenoxy) is 1. The van der Waals surface area contributed by atoms with E-state index in [2.05, 4.69) is 11.8 Å². The molecule has 0 N–H and O–H groups in total. The average molecular weight is 305 g/mol. The first-order valence-corrected chi connectivity index (χ1v) is 8.86. The van der Waals surface area contributed by atoms with Gasteiger partial charge in [-0.15, -0.1) is 0 Å². The van der Waals surface area contributed by atoms with Gasteiger partial charge in [-0.2, -0.15) is 17.0 Å². The fourth-order valence-corrected chi connectivity index (χ4v) is 4.84. The largest absolute Gasteiger partial charge is 0.379 e. The summed E-state index contributed by atoms with van der Waals surface area (Å²) in [4.78, 5) is 2.16. The average Bonchev–Trinajstić information content (AvgIpc) is 2.85. The Morgan fingerprint density at radius 2 is 1.80 bits per heavy atom. The van der Waals surface area contributed by atoms with E-state index in [9.17, 15) is 8.42 Å². The van der Waals surface area contributed by atoms with Crippen molar-refractivity contribution in [3.05, 3.63) is 0 Å². The third-order valence-corrected chi connectivity index (χ3v) is 6.29. The molecular weight excluding hydrogens is 278 g/mol. The van der Waals surface area contributed by atoms with E-state index in [0.29, 0.717) is 51.4 Å². The van der Waals surface area contributed by atoms with Gasteiger partial charge >= 0.3 is 0 Å². The molecule has 0 aliphatic carbocycles. The predicted molar refractivity (Wildman–Crippen MR) is 78.8 cm³/mol. The van der Waals surface area contributed by atoms with E-state index < -0.39 is 10.2 Å². The lowest BCUT2D eigenvalue weighted by Crippen LogP contribution is -2.48. The van der Waals surface area contributed by atoms with Gasteiger partial charge in [0.1, 0.15) is 0 Å². The van der Waals surface area contributed by atoms with Crippen LogP contribution in [0.1, 0.15) is 19.8 Å². The molecule has 0 spiro atoms. The molecule has 0 bridgehead atoms. The van der Waals surface area contributed by atoms with Crippen molar-refractivity contribution >= 4 is 10.2 Å². The first-order chi connectivity index (χ1) is 9.46. The molecule has 0 amide bonds. The molecule has 2 rings (SSSR count). The summed E-state index contributed by atoms with van der Waals surface area (Å²) in [6.07, 6.45) is 2.18. The van der Waals surface area contributed by atoms with Gasteiger partial charge in [-0.05, 0) is 26.4 Å². The van der Waals surface area contributed by atoms with Gasteiger partial charge in [-0.3, -0.25) is 0 Å². The van der Waals surface area contributed by atoms with Crippen LogP contribution in [0.25, 0.3) is 0 Å². The molecule has 20 heavy (non-hydrogen) atoms. The van der Waals surface area contributed by atoms with E-state index in [0.717, 1.165) is 12.8 Å². The zero-order valence-electron chi connectivity index (χ0n) is 12.8. The summed E-state index contributed by atoms with van der Waals surface area (Å²) in [7, 11) is 0.760. The minimum Gasteiger partial charge on any atom is -0.379 e. The maximum Gasteiger partial charge on any atom is 0.282 e. The third kappa shape index (κ3) is 3.33. The van der Waals surface area contributed by atoms with Crippen molar-refractivity contribution in [2.45, 2.75) is 25.8 Å². The third-order valence-electron chi connectivity index (χ3n) is 4.32. The number of nitrogens with zero attached hydrogens (tertiary/aromatic N) is 3. The molecule has 0 aromatic heterocycles. The number of morpholine rings is 1. The molecule has 0 unspecified atom stereocenters. The molecule has 0 aromatic rings. The Kier molecular flexibility index (Phi) is 5.42. The Morgan fingerprint density at radius 3 is 2.35 bits per heavy atom. The second-order valence-corrected chi connectivity index (χ2v) is 7.84. The summed E-state index contributed by atoms with van der Waals surface area (Å²) < 4.78 is 33.8. The van der Waals surface area contributed by atoms with Crippen molar-refractivity contribution in [3.8, 4) is 0 Å². The second-order valence-electron chi connectivity index (χ2n) is 5.92. The van der Waals surface area contributed by atoms with Crippen molar-refractivity contribution in [3.63, 3.8) is 0 Å². The van der Waals surface area contributed by atoms with Crippen molar-refractivity contribution in [1.82, 2.24) is 13.5 Å². The summed E-state index contributed by atoms with van der Waals surface area (Å²) >= 11 is 0. The summed E-state index contributed by atoms with van der Waals surface area (Å²) in [6.45, 7) is 5.37. The molecule has 118 valence electrons. The minimum absolute atomic E-state index is 0.325. The molecular formula is C13H27N3O3S. The van der Waals surface area contributed by atoms with Gasteiger partial charge in [0, 0.05) is 32.2 Å². The summed E-state index contributed by atoms with van der Waals surface area (Å²) in [5, 5.41) is 0. The molecule has 0 radical (unpaired) electrons. The fraction of sp³-hybridized carbons (Fsp3) is 1.00. The zero-order valence-corrected chi connectivity index (χ0v) is 13.6. The van der Waals surface area contributed by atoms with Gasteiger partial charge in [0.05, 0.1) is 13.2 Å². The quantitative estimate of drug-likeness (QED) is 0.729. The zero-order chi connectivity index (χ0) is 14.8. The summed E-state index contributed by atoms with van der Waals surface area (Å²) in [5.41, 5.74) is 0. The lowest BCUT2D eigenvalue weighted by molar-refractivity contribution is 0.0704. The number of likely N-dealkylation sites (N-methyl/N-ethyl adjacent to an activating group) is 1. The van der Waals surface area contributed by atoms with Crippen molar-refractivity contribution in [2.75, 3.05) is 53.5 Å². The Bertz CT molecular complexity index is 407. The lowest BCUT2D eigenvalue weighted by atomic mass is 9.98. The highest BCUT2D eigenvalue weighted by molar-refractivity contribution is 7.86. The van der Waals surface area contributed by atoms with Crippen LogP contribution in [0.4, 0.5) is 0 Å². The monoisotopic (exact) mass is 305 g/mol. The Morgan fingerprint density at radius 1 is 1.15 bits per heavy atom. The Balaban J connectivity index is 2.08. The molecule has 0 saturated carbocycles. The number of hydrogen-bond acceptors (Lipinski definition) is 4. The van der Waals surface area contributed by atoms with Gasteiger partial charge in [-0.1, -0.05) is 13.3 Å². The molecule has 2 atom stereocenters. The van der Waals surface area contributed by atoms with E-state index in [4.69, 9.17) is 4.74 Å². The molecule has 2 fully saturated rings. The SMILES string of the molecule is CCC[C@H]1CN(S(=O)(=O)N2CCOCC2)C[C@@H]1N(C)C. The molecule has 2 aliphatic heterocycles. The molecule has 2 aliphatic rings. The molecule has 7 heteroatoms. The standard InChI is InChI=1S/C13H27N3O3S/c1-4-5-12-10-16(11-13(12)14(2)3)20(17,18)15-6-8-19-9-7-15/h12-13H,4-11H2,1-3H3/t12-,13-/m0/s1. The van der Waals surface area contributed by atoms with E-state index in [1.165, 1.54) is 0 Å². The molecule has 2 heterocycles. The van der Waals surface area contributed by atoms with Crippen LogP contribution >= 0.6 is 0 Å². The van der Waals surface area contributed by atoms with Crippen molar-refractivity contribution in [2.24, 2.45) is 5.92 Å². The first kappa shape index (κ1) is 16.2. The van der Waals surface area contributed by atoms with Gasteiger partial charge in [0.15, 0.2) is 0 Å². The maximum atomic E-state index is 12.7. The molecule has 2 saturated heterocycles. The van der Waals surface area contributed by atoms with Crippen LogP contribution < -0.4 is 0 Å². The van der Waals surface area contributed by atoms with E-state index in [1.54, 1.807) is 8.61 Å². The van der Waals surface area contributed by atoms with Crippen LogP contribution in [0.15, 0.2) is 0 Å². The highest BCUT2D eigenvalue weighted by atomic mass is 32.2. The summed E-state index contributed by atoms with van der Waals surface area (Å²) in [6, 6.07) is 0.325. The Hall–Kier alpha value is -0.210. The molecule has 0 aromatic carbocycles. The highest BCUT2D eigenvalue weighted by Gasteiger charge is 2.41. The van der Waals surface area contributed by atoms with Gasteiger partial charge in [0.2, 0.25) is 0 Å². The second kappa shape index (κ2) is 6.70. The van der Waals surface area contributed by atoms with Crippen LogP contribution in [0, 0.1) is 5.92 Å². The molecule has 6 nitrogen and oxygen atoms in total. The van der Waals surface area contributed by atoms with Crippen LogP contribution in [0.5, 0.6) is 0 Å². The topological polar surface area (TPSA) is 53.1 Å². The van der Waals surface area contributed by atoms with Gasteiger partial charge in [-0.25, -0.2) is 0 Å². The van der Waals surface area contributed by atoms with E-state index in [-0.39, 0.29) is 0 Å². The maximum absolute atomic E-state index is 12.7. The van der Waals surface area contributed by atoms with Gasteiger partial charge in [0.25, 0.3) is 10.2 Å². The van der Waals surface area contributed by atoms with Crippen LogP contribution in [-0.4, -0.2) is 81.5 Å². The fourth-order valence-electron chi connectivity index (χ4n) is 3.18. The first-order valence-electron chi connectivity index (χ1n) is 7.46. The summed E-state index contributed by atoms with van der Waals surface area (Å²) in [5.74, 6) is 0.436. The van der Waals surface area contributed by atoms with Crippen molar-refractivity contribution < 1.29 is 13.2 Å². The normalized spacial score (nSPS) is 30.2. The van der Waals surface area contributed by atoms with Crippen LogP contribution in [0.2, 0.25) is 0 Å². The van der Waals surface area contributed by atoms with Crippen LogP contribution in [0.3, 0.4) is 0 Å². The number of rotatable bonds is 5.